The molecular formula is C21H31N5O2. The minimum absolute atomic E-state index is 0.690. The zero-order valence-electron chi connectivity index (χ0n) is 16.6. The molecule has 5 rings (SSSR count). The van der Waals surface area contributed by atoms with E-state index in [9.17, 15) is 0 Å². The lowest BCUT2D eigenvalue weighted by Gasteiger charge is -2.32. The third-order valence-electron chi connectivity index (χ3n) is 6.33. The van der Waals surface area contributed by atoms with E-state index in [0.717, 1.165) is 72.0 Å². The molecule has 28 heavy (non-hydrogen) atoms. The first-order valence-corrected chi connectivity index (χ1v) is 10.7. The fourth-order valence-electron chi connectivity index (χ4n) is 4.87. The van der Waals surface area contributed by atoms with Crippen molar-refractivity contribution in [3.05, 3.63) is 41.6 Å². The van der Waals surface area contributed by atoms with Crippen LogP contribution in [0.1, 0.15) is 29.8 Å². The van der Waals surface area contributed by atoms with Gasteiger partial charge in [0, 0.05) is 70.5 Å². The Morgan fingerprint density at radius 3 is 2.82 bits per heavy atom. The van der Waals surface area contributed by atoms with E-state index in [1.54, 1.807) is 6.26 Å². The average Bonchev–Trinajstić information content (AvgIpc) is 3.44. The minimum atomic E-state index is 0.690. The molecule has 1 atom stereocenters. The van der Waals surface area contributed by atoms with Gasteiger partial charge in [-0.1, -0.05) is 0 Å². The Morgan fingerprint density at radius 1 is 1.04 bits per heavy atom. The van der Waals surface area contributed by atoms with Gasteiger partial charge in [-0.2, -0.15) is 5.10 Å². The Kier molecular flexibility index (Phi) is 5.49. The number of nitrogens with zero attached hydrogens (tertiary/aromatic N) is 5. The maximum absolute atomic E-state index is 5.50. The highest BCUT2D eigenvalue weighted by molar-refractivity contribution is 5.13. The molecule has 152 valence electrons. The third-order valence-corrected chi connectivity index (χ3v) is 6.33. The largest absolute Gasteiger partial charge is 0.472 e. The summed E-state index contributed by atoms with van der Waals surface area (Å²) in [7, 11) is 0. The SMILES string of the molecule is c1cc(CN2CCCn3nc(CN4CC[C@@H](N5CCOCC5)C4)cc3C2)co1. The summed E-state index contributed by atoms with van der Waals surface area (Å²) in [5, 5.41) is 4.94. The zero-order valence-corrected chi connectivity index (χ0v) is 16.6. The molecule has 7 heteroatoms. The number of aromatic nitrogens is 2. The molecular weight excluding hydrogens is 354 g/mol. The number of ether oxygens (including phenoxy) is 1. The van der Waals surface area contributed by atoms with E-state index < -0.39 is 0 Å². The highest BCUT2D eigenvalue weighted by Gasteiger charge is 2.29. The molecule has 0 spiro atoms. The van der Waals surface area contributed by atoms with Crippen LogP contribution < -0.4 is 0 Å². The average molecular weight is 386 g/mol. The molecule has 2 aromatic heterocycles. The van der Waals surface area contributed by atoms with E-state index in [2.05, 4.69) is 31.5 Å². The summed E-state index contributed by atoms with van der Waals surface area (Å²) in [6.45, 7) is 11.3. The second kappa shape index (κ2) is 8.37. The Morgan fingerprint density at radius 2 is 1.96 bits per heavy atom. The molecule has 0 aromatic carbocycles. The molecule has 2 saturated heterocycles. The zero-order chi connectivity index (χ0) is 18.8. The number of morpholine rings is 1. The summed E-state index contributed by atoms with van der Waals surface area (Å²) >= 11 is 0. The van der Waals surface area contributed by atoms with Crippen molar-refractivity contribution in [3.8, 4) is 0 Å². The topological polar surface area (TPSA) is 49.9 Å². The van der Waals surface area contributed by atoms with Crippen LogP contribution in [-0.4, -0.2) is 76.5 Å². The van der Waals surface area contributed by atoms with Gasteiger partial charge in [0.25, 0.3) is 0 Å². The number of fused-ring (bicyclic) bond motifs is 1. The van der Waals surface area contributed by atoms with E-state index in [-0.39, 0.29) is 0 Å². The molecule has 7 nitrogen and oxygen atoms in total. The first-order chi connectivity index (χ1) is 13.8. The first-order valence-electron chi connectivity index (χ1n) is 10.7. The van der Waals surface area contributed by atoms with E-state index in [4.69, 9.17) is 14.3 Å². The lowest BCUT2D eigenvalue weighted by molar-refractivity contribution is 0.0183. The van der Waals surface area contributed by atoms with Crippen LogP contribution in [0.2, 0.25) is 0 Å². The maximum atomic E-state index is 5.50. The minimum Gasteiger partial charge on any atom is -0.472 e. The molecule has 0 unspecified atom stereocenters. The van der Waals surface area contributed by atoms with Crippen LogP contribution in [0.5, 0.6) is 0 Å². The molecule has 3 aliphatic rings. The predicted octanol–water partition coefficient (Wildman–Crippen LogP) is 1.79. The Balaban J connectivity index is 1.19. The van der Waals surface area contributed by atoms with Crippen molar-refractivity contribution < 1.29 is 9.15 Å². The van der Waals surface area contributed by atoms with Crippen LogP contribution >= 0.6 is 0 Å². The number of furan rings is 1. The normalized spacial score (nSPS) is 25.1. The number of rotatable bonds is 5. The second-order valence-corrected chi connectivity index (χ2v) is 8.37. The van der Waals surface area contributed by atoms with Crippen LogP contribution in [0.4, 0.5) is 0 Å². The predicted molar refractivity (Wildman–Crippen MR) is 106 cm³/mol. The summed E-state index contributed by atoms with van der Waals surface area (Å²) < 4.78 is 13.0. The highest BCUT2D eigenvalue weighted by Crippen LogP contribution is 2.21. The van der Waals surface area contributed by atoms with E-state index in [1.807, 2.05) is 6.26 Å². The summed E-state index contributed by atoms with van der Waals surface area (Å²) in [6, 6.07) is 5.08. The van der Waals surface area contributed by atoms with Crippen molar-refractivity contribution in [1.29, 1.82) is 0 Å². The lowest BCUT2D eigenvalue weighted by atomic mass is 10.2. The van der Waals surface area contributed by atoms with Gasteiger partial charge in [0.05, 0.1) is 37.1 Å². The highest BCUT2D eigenvalue weighted by atomic mass is 16.5. The monoisotopic (exact) mass is 385 g/mol. The van der Waals surface area contributed by atoms with Gasteiger partial charge >= 0.3 is 0 Å². The fourth-order valence-corrected chi connectivity index (χ4v) is 4.87. The van der Waals surface area contributed by atoms with Gasteiger partial charge in [-0.25, -0.2) is 0 Å². The molecule has 3 aliphatic heterocycles. The number of likely N-dealkylation sites (tertiary alicyclic amines) is 1. The van der Waals surface area contributed by atoms with Gasteiger partial charge in [-0.15, -0.1) is 0 Å². The van der Waals surface area contributed by atoms with Crippen molar-refractivity contribution in [1.82, 2.24) is 24.5 Å². The molecule has 0 bridgehead atoms. The van der Waals surface area contributed by atoms with Gasteiger partial charge in [-0.05, 0) is 25.0 Å². The van der Waals surface area contributed by atoms with Gasteiger partial charge in [0.2, 0.25) is 0 Å². The summed E-state index contributed by atoms with van der Waals surface area (Å²) in [6.07, 6.45) is 6.03. The molecule has 0 N–H and O–H groups in total. The second-order valence-electron chi connectivity index (χ2n) is 8.37. The van der Waals surface area contributed by atoms with Crippen molar-refractivity contribution in [3.63, 3.8) is 0 Å². The van der Waals surface area contributed by atoms with Crippen LogP contribution in [0, 0.1) is 0 Å². The van der Waals surface area contributed by atoms with Crippen molar-refractivity contribution in [2.75, 3.05) is 45.9 Å². The quantitative estimate of drug-likeness (QED) is 0.782. The van der Waals surface area contributed by atoms with Gasteiger partial charge in [-0.3, -0.25) is 19.4 Å². The molecule has 2 aromatic rings. The van der Waals surface area contributed by atoms with E-state index in [0.29, 0.717) is 6.04 Å². The Labute approximate surface area is 166 Å². The van der Waals surface area contributed by atoms with Gasteiger partial charge in [0.1, 0.15) is 0 Å². The van der Waals surface area contributed by atoms with Crippen molar-refractivity contribution >= 4 is 0 Å². The number of hydrogen-bond donors (Lipinski definition) is 0. The molecule has 0 amide bonds. The first kappa shape index (κ1) is 18.4. The standard InChI is InChI=1S/C21H31N5O2/c1-4-23(13-18-3-9-28-17-18)16-21-12-19(22-26(21)5-1)14-24-6-2-20(15-24)25-7-10-27-11-8-25/h3,9,12,17,20H,1-2,4-8,10-11,13-16H2/t20-/m1/s1. The van der Waals surface area contributed by atoms with Crippen molar-refractivity contribution in [2.45, 2.75) is 45.1 Å². The fraction of sp³-hybridized carbons (Fsp3) is 0.667. The van der Waals surface area contributed by atoms with E-state index >= 15 is 0 Å². The summed E-state index contributed by atoms with van der Waals surface area (Å²) in [5.41, 5.74) is 3.82. The van der Waals surface area contributed by atoms with E-state index in [1.165, 1.54) is 29.9 Å². The van der Waals surface area contributed by atoms with Crippen LogP contribution in [0.3, 0.4) is 0 Å². The van der Waals surface area contributed by atoms with Crippen LogP contribution in [0.25, 0.3) is 0 Å². The third kappa shape index (κ3) is 4.17. The number of aryl methyl sites for hydroxylation is 1. The molecule has 2 fully saturated rings. The molecule has 0 aliphatic carbocycles. The Hall–Kier alpha value is -1.67. The van der Waals surface area contributed by atoms with Crippen LogP contribution in [0.15, 0.2) is 29.1 Å². The van der Waals surface area contributed by atoms with Gasteiger partial charge < -0.3 is 9.15 Å². The summed E-state index contributed by atoms with van der Waals surface area (Å²) in [5.74, 6) is 0. The van der Waals surface area contributed by atoms with Crippen LogP contribution in [-0.2, 0) is 30.9 Å². The van der Waals surface area contributed by atoms with Gasteiger partial charge in [0.15, 0.2) is 0 Å². The number of hydrogen-bond acceptors (Lipinski definition) is 6. The van der Waals surface area contributed by atoms with Crippen molar-refractivity contribution in [2.24, 2.45) is 0 Å². The molecule has 0 radical (unpaired) electrons. The lowest BCUT2D eigenvalue weighted by Crippen LogP contribution is -2.44. The smallest absolute Gasteiger partial charge is 0.0947 e. The molecule has 0 saturated carbocycles. The summed E-state index contributed by atoms with van der Waals surface area (Å²) in [4.78, 5) is 7.69. The Bertz CT molecular complexity index is 753. The molecule has 5 heterocycles. The maximum Gasteiger partial charge on any atom is 0.0947 e.